The molecule has 0 saturated heterocycles. The number of nitrogens with one attached hydrogen (secondary N) is 1. The van der Waals surface area contributed by atoms with Gasteiger partial charge in [-0.05, 0) is 65.5 Å². The average Bonchev–Trinajstić information content (AvgIpc) is 2.61. The Morgan fingerprint density at radius 3 is 2.54 bits per heavy atom. The van der Waals surface area contributed by atoms with Crippen LogP contribution in [0.25, 0.3) is 0 Å². The number of aryl methyl sites for hydroxylation is 1. The van der Waals surface area contributed by atoms with Gasteiger partial charge in [-0.3, -0.25) is 9.03 Å². The molecule has 3 rings (SSSR count). The lowest BCUT2D eigenvalue weighted by atomic mass is 10.0. The van der Waals surface area contributed by atoms with Gasteiger partial charge in [-0.1, -0.05) is 18.2 Å². The van der Waals surface area contributed by atoms with E-state index in [9.17, 15) is 16.8 Å². The van der Waals surface area contributed by atoms with Gasteiger partial charge < -0.3 is 0 Å². The van der Waals surface area contributed by atoms with Crippen LogP contribution in [0.1, 0.15) is 18.9 Å². The minimum atomic E-state index is -3.79. The van der Waals surface area contributed by atoms with Crippen molar-refractivity contribution < 1.29 is 16.8 Å². The first-order chi connectivity index (χ1) is 12.2. The van der Waals surface area contributed by atoms with Crippen LogP contribution in [0.15, 0.2) is 51.8 Å². The molecule has 1 aliphatic heterocycles. The quantitative estimate of drug-likeness (QED) is 0.744. The van der Waals surface area contributed by atoms with Gasteiger partial charge in [0.25, 0.3) is 10.0 Å². The molecule has 0 atom stereocenters. The van der Waals surface area contributed by atoms with E-state index in [1.165, 1.54) is 10.4 Å². The van der Waals surface area contributed by atoms with E-state index in [1.807, 2.05) is 0 Å². The van der Waals surface area contributed by atoms with Crippen molar-refractivity contribution >= 4 is 47.4 Å². The standard InChI is InChI=1S/C17H19BrN2O4S2/c1-2-25(21,22)20-11-5-6-13-9-10-14(12-16(13)20)19-26(23,24)17-8-4-3-7-15(17)18/h3-4,7-10,12,19H,2,5-6,11H2,1H3. The molecule has 0 unspecified atom stereocenters. The molecule has 0 aromatic heterocycles. The van der Waals surface area contributed by atoms with Crippen LogP contribution in [0, 0.1) is 0 Å². The molecule has 140 valence electrons. The fourth-order valence-electron chi connectivity index (χ4n) is 2.92. The lowest BCUT2D eigenvalue weighted by Gasteiger charge is -2.30. The molecule has 0 saturated carbocycles. The first-order valence-corrected chi connectivity index (χ1v) is 12.0. The fourth-order valence-corrected chi connectivity index (χ4v) is 6.16. The Labute approximate surface area is 162 Å². The maximum absolute atomic E-state index is 12.7. The Bertz CT molecular complexity index is 1040. The third kappa shape index (κ3) is 3.74. The Kier molecular flexibility index (Phi) is 5.32. The maximum atomic E-state index is 12.7. The molecule has 6 nitrogen and oxygen atoms in total. The molecule has 26 heavy (non-hydrogen) atoms. The Morgan fingerprint density at radius 2 is 1.85 bits per heavy atom. The molecule has 2 aromatic carbocycles. The summed E-state index contributed by atoms with van der Waals surface area (Å²) in [5, 5.41) is 0. The molecule has 9 heteroatoms. The molecular formula is C17H19BrN2O4S2. The normalized spacial score (nSPS) is 14.8. The van der Waals surface area contributed by atoms with Crippen LogP contribution in [-0.4, -0.2) is 29.1 Å². The highest BCUT2D eigenvalue weighted by atomic mass is 79.9. The number of halogens is 1. The third-order valence-corrected chi connectivity index (χ3v) is 8.41. The first-order valence-electron chi connectivity index (χ1n) is 8.15. The van der Waals surface area contributed by atoms with Crippen molar-refractivity contribution in [3.8, 4) is 0 Å². The second-order valence-electron chi connectivity index (χ2n) is 5.96. The van der Waals surface area contributed by atoms with Crippen LogP contribution >= 0.6 is 15.9 Å². The van der Waals surface area contributed by atoms with Gasteiger partial charge in [0.1, 0.15) is 4.90 Å². The summed E-state index contributed by atoms with van der Waals surface area (Å²) < 4.78 is 54.4. The lowest BCUT2D eigenvalue weighted by molar-refractivity contribution is 0.587. The fraction of sp³-hybridized carbons (Fsp3) is 0.294. The van der Waals surface area contributed by atoms with Crippen LogP contribution in [0.2, 0.25) is 0 Å². The second kappa shape index (κ2) is 7.21. The van der Waals surface area contributed by atoms with Crippen LogP contribution in [0.3, 0.4) is 0 Å². The highest BCUT2D eigenvalue weighted by Gasteiger charge is 2.27. The molecule has 0 fully saturated rings. The van der Waals surface area contributed by atoms with E-state index in [2.05, 4.69) is 20.7 Å². The number of hydrogen-bond donors (Lipinski definition) is 1. The number of rotatable bonds is 5. The van der Waals surface area contributed by atoms with Crippen molar-refractivity contribution in [1.82, 2.24) is 0 Å². The zero-order valence-electron chi connectivity index (χ0n) is 14.1. The zero-order valence-corrected chi connectivity index (χ0v) is 17.4. The van der Waals surface area contributed by atoms with Gasteiger partial charge in [-0.2, -0.15) is 0 Å². The van der Waals surface area contributed by atoms with Crippen molar-refractivity contribution in [2.45, 2.75) is 24.7 Å². The second-order valence-corrected chi connectivity index (χ2v) is 10.6. The summed E-state index contributed by atoms with van der Waals surface area (Å²) in [4.78, 5) is 0.121. The molecule has 0 bridgehead atoms. The van der Waals surface area contributed by atoms with E-state index < -0.39 is 20.0 Å². The molecular weight excluding hydrogens is 440 g/mol. The van der Waals surface area contributed by atoms with E-state index >= 15 is 0 Å². The molecule has 0 spiro atoms. The van der Waals surface area contributed by atoms with E-state index in [1.54, 1.807) is 43.3 Å². The van der Waals surface area contributed by atoms with Gasteiger partial charge >= 0.3 is 0 Å². The number of sulfonamides is 2. The Morgan fingerprint density at radius 1 is 1.12 bits per heavy atom. The van der Waals surface area contributed by atoms with Gasteiger partial charge in [0, 0.05) is 11.0 Å². The number of benzene rings is 2. The van der Waals surface area contributed by atoms with Gasteiger partial charge in [-0.25, -0.2) is 16.8 Å². The number of anilines is 2. The topological polar surface area (TPSA) is 83.6 Å². The third-order valence-electron chi connectivity index (χ3n) is 4.24. The molecule has 1 heterocycles. The van der Waals surface area contributed by atoms with E-state index in [0.29, 0.717) is 22.4 Å². The van der Waals surface area contributed by atoms with Crippen molar-refractivity contribution in [2.24, 2.45) is 0 Å². The van der Waals surface area contributed by atoms with Crippen LogP contribution in [0.4, 0.5) is 11.4 Å². The lowest BCUT2D eigenvalue weighted by Crippen LogP contribution is -2.36. The molecule has 1 aliphatic rings. The monoisotopic (exact) mass is 458 g/mol. The molecule has 2 aromatic rings. The number of nitrogens with zero attached hydrogens (tertiary/aromatic N) is 1. The molecule has 1 N–H and O–H groups in total. The van der Waals surface area contributed by atoms with Crippen LogP contribution in [0.5, 0.6) is 0 Å². The van der Waals surface area contributed by atoms with Crippen molar-refractivity contribution in [3.05, 3.63) is 52.5 Å². The summed E-state index contributed by atoms with van der Waals surface area (Å²) in [6.07, 6.45) is 1.51. The summed E-state index contributed by atoms with van der Waals surface area (Å²) in [6.45, 7) is 2.01. The van der Waals surface area contributed by atoms with Gasteiger partial charge in [0.05, 0.1) is 17.1 Å². The minimum Gasteiger partial charge on any atom is -0.280 e. The predicted molar refractivity (Wildman–Crippen MR) is 107 cm³/mol. The summed E-state index contributed by atoms with van der Waals surface area (Å²) in [5.74, 6) is -0.000638. The van der Waals surface area contributed by atoms with Gasteiger partial charge in [0.15, 0.2) is 0 Å². The largest absolute Gasteiger partial charge is 0.280 e. The van der Waals surface area contributed by atoms with Crippen molar-refractivity contribution in [3.63, 3.8) is 0 Å². The number of hydrogen-bond acceptors (Lipinski definition) is 4. The summed E-state index contributed by atoms with van der Waals surface area (Å²) in [7, 11) is -7.20. The molecule has 0 amide bonds. The molecule has 0 radical (unpaired) electrons. The van der Waals surface area contributed by atoms with Crippen LogP contribution < -0.4 is 9.03 Å². The van der Waals surface area contributed by atoms with Gasteiger partial charge in [0.2, 0.25) is 10.0 Å². The number of fused-ring (bicyclic) bond motifs is 1. The maximum Gasteiger partial charge on any atom is 0.263 e. The average molecular weight is 459 g/mol. The summed E-state index contributed by atoms with van der Waals surface area (Å²) >= 11 is 3.24. The van der Waals surface area contributed by atoms with Crippen LogP contribution in [-0.2, 0) is 26.5 Å². The summed E-state index contributed by atoms with van der Waals surface area (Å²) in [6, 6.07) is 11.6. The smallest absolute Gasteiger partial charge is 0.263 e. The van der Waals surface area contributed by atoms with E-state index in [0.717, 1.165) is 18.4 Å². The summed E-state index contributed by atoms with van der Waals surface area (Å²) in [5.41, 5.74) is 1.78. The highest BCUT2D eigenvalue weighted by Crippen LogP contribution is 2.33. The predicted octanol–water partition coefficient (Wildman–Crippen LogP) is 3.35. The first kappa shape index (κ1) is 19.2. The van der Waals surface area contributed by atoms with E-state index in [-0.39, 0.29) is 10.6 Å². The Balaban J connectivity index is 1.99. The van der Waals surface area contributed by atoms with E-state index in [4.69, 9.17) is 0 Å². The highest BCUT2D eigenvalue weighted by molar-refractivity contribution is 9.10. The zero-order chi connectivity index (χ0) is 18.9. The Hall–Kier alpha value is -1.58. The minimum absolute atomic E-state index is 0.000638. The van der Waals surface area contributed by atoms with Crippen molar-refractivity contribution in [2.75, 3.05) is 21.3 Å². The van der Waals surface area contributed by atoms with Crippen molar-refractivity contribution in [1.29, 1.82) is 0 Å². The van der Waals surface area contributed by atoms with Gasteiger partial charge in [-0.15, -0.1) is 0 Å². The molecule has 0 aliphatic carbocycles. The SMILES string of the molecule is CCS(=O)(=O)N1CCCc2ccc(NS(=O)(=O)c3ccccc3Br)cc21.